The number of carbonyl (C=O) groups is 1. The van der Waals surface area contributed by atoms with E-state index in [1.54, 1.807) is 12.1 Å². The minimum atomic E-state index is -0.345. The lowest BCUT2D eigenvalue weighted by atomic mass is 10.2. The molecule has 0 aliphatic carbocycles. The molecule has 126 valence electrons. The number of imidazole rings is 1. The molecule has 0 atom stereocenters. The number of benzene rings is 1. The molecule has 2 N–H and O–H groups in total. The Kier molecular flexibility index (Phi) is 5.98. The standard InChI is InChI=1S/C15H20N4O2.C2H6/c1-21-14(20)11-4-5-12-13(10-11)19(15(16)17-12)9-8-18-6-2-3-7-18;1-2/h4-5,10H,2-3,6-9H2,1H3,(H2,16,17);1-2H3. The van der Waals surface area contributed by atoms with Gasteiger partial charge in [0.05, 0.1) is 23.7 Å². The summed E-state index contributed by atoms with van der Waals surface area (Å²) in [7, 11) is 1.38. The summed E-state index contributed by atoms with van der Waals surface area (Å²) >= 11 is 0. The third-order valence-electron chi connectivity index (χ3n) is 4.04. The number of hydrogen-bond acceptors (Lipinski definition) is 5. The molecule has 0 bridgehead atoms. The van der Waals surface area contributed by atoms with Gasteiger partial charge in [0.25, 0.3) is 0 Å². The lowest BCUT2D eigenvalue weighted by Crippen LogP contribution is -2.24. The number of esters is 1. The van der Waals surface area contributed by atoms with Crippen LogP contribution in [-0.4, -0.2) is 47.2 Å². The second-order valence-electron chi connectivity index (χ2n) is 5.37. The van der Waals surface area contributed by atoms with Crippen molar-refractivity contribution in [3.8, 4) is 0 Å². The van der Waals surface area contributed by atoms with Crippen molar-refractivity contribution in [3.63, 3.8) is 0 Å². The smallest absolute Gasteiger partial charge is 0.337 e. The maximum atomic E-state index is 11.7. The van der Waals surface area contributed by atoms with Crippen LogP contribution in [0.3, 0.4) is 0 Å². The number of methoxy groups -OCH3 is 1. The molecule has 6 heteroatoms. The highest BCUT2D eigenvalue weighted by molar-refractivity contribution is 5.94. The number of likely N-dealkylation sites (tertiary alicyclic amines) is 1. The Morgan fingerprint density at radius 1 is 1.26 bits per heavy atom. The largest absolute Gasteiger partial charge is 0.465 e. The second kappa shape index (κ2) is 7.97. The third kappa shape index (κ3) is 3.82. The van der Waals surface area contributed by atoms with E-state index in [0.717, 1.165) is 37.2 Å². The van der Waals surface area contributed by atoms with Crippen LogP contribution in [0.15, 0.2) is 18.2 Å². The molecule has 0 radical (unpaired) electrons. The lowest BCUT2D eigenvalue weighted by Gasteiger charge is -2.15. The van der Waals surface area contributed by atoms with Crippen molar-refractivity contribution in [2.24, 2.45) is 0 Å². The van der Waals surface area contributed by atoms with E-state index in [2.05, 4.69) is 9.88 Å². The van der Waals surface area contributed by atoms with E-state index in [9.17, 15) is 4.79 Å². The molecule has 23 heavy (non-hydrogen) atoms. The molecule has 0 spiro atoms. The Balaban J connectivity index is 0.000000924. The van der Waals surface area contributed by atoms with Crippen LogP contribution >= 0.6 is 0 Å². The number of ether oxygens (including phenoxy) is 1. The molecule has 1 aromatic carbocycles. The molecule has 6 nitrogen and oxygen atoms in total. The highest BCUT2D eigenvalue weighted by Gasteiger charge is 2.15. The van der Waals surface area contributed by atoms with Crippen molar-refractivity contribution in [1.82, 2.24) is 14.5 Å². The Morgan fingerprint density at radius 2 is 1.96 bits per heavy atom. The van der Waals surface area contributed by atoms with Crippen molar-refractivity contribution in [2.45, 2.75) is 33.2 Å². The van der Waals surface area contributed by atoms with Crippen LogP contribution in [0.2, 0.25) is 0 Å². The van der Waals surface area contributed by atoms with Crippen LogP contribution in [0.25, 0.3) is 11.0 Å². The molecule has 1 fully saturated rings. The minimum Gasteiger partial charge on any atom is -0.465 e. The van der Waals surface area contributed by atoms with Crippen LogP contribution in [0.4, 0.5) is 5.95 Å². The molecular weight excluding hydrogens is 292 g/mol. The predicted molar refractivity (Wildman–Crippen MR) is 92.5 cm³/mol. The van der Waals surface area contributed by atoms with Crippen LogP contribution in [0, 0.1) is 0 Å². The summed E-state index contributed by atoms with van der Waals surface area (Å²) in [6.07, 6.45) is 2.54. The number of aromatic nitrogens is 2. The van der Waals surface area contributed by atoms with E-state index in [-0.39, 0.29) is 5.97 Å². The van der Waals surface area contributed by atoms with Crippen LogP contribution in [0.5, 0.6) is 0 Å². The topological polar surface area (TPSA) is 73.4 Å². The van der Waals surface area contributed by atoms with Gasteiger partial charge in [-0.05, 0) is 44.1 Å². The number of rotatable bonds is 4. The highest BCUT2D eigenvalue weighted by atomic mass is 16.5. The summed E-state index contributed by atoms with van der Waals surface area (Å²) in [4.78, 5) is 18.4. The third-order valence-corrected chi connectivity index (χ3v) is 4.04. The normalized spacial score (nSPS) is 14.6. The number of hydrogen-bond donors (Lipinski definition) is 1. The van der Waals surface area contributed by atoms with Gasteiger partial charge in [0, 0.05) is 13.1 Å². The average molecular weight is 318 g/mol. The molecule has 1 aromatic heterocycles. The number of carbonyl (C=O) groups excluding carboxylic acids is 1. The molecule has 1 saturated heterocycles. The summed E-state index contributed by atoms with van der Waals surface area (Å²) < 4.78 is 6.74. The van der Waals surface area contributed by atoms with Crippen LogP contribution < -0.4 is 5.73 Å². The van der Waals surface area contributed by atoms with Gasteiger partial charge in [-0.1, -0.05) is 13.8 Å². The lowest BCUT2D eigenvalue weighted by molar-refractivity contribution is 0.0601. The van der Waals surface area contributed by atoms with Gasteiger partial charge in [-0.3, -0.25) is 0 Å². The minimum absolute atomic E-state index is 0.345. The molecule has 1 aliphatic rings. The fourth-order valence-electron chi connectivity index (χ4n) is 2.87. The fraction of sp³-hybridized carbons (Fsp3) is 0.529. The maximum Gasteiger partial charge on any atom is 0.337 e. The molecule has 0 unspecified atom stereocenters. The van der Waals surface area contributed by atoms with Crippen LogP contribution in [0.1, 0.15) is 37.0 Å². The summed E-state index contributed by atoms with van der Waals surface area (Å²) in [5, 5.41) is 0. The SMILES string of the molecule is CC.COC(=O)c1ccc2nc(N)n(CCN3CCCC3)c2c1. The maximum absolute atomic E-state index is 11.7. The van der Waals surface area contributed by atoms with Crippen molar-refractivity contribution in [1.29, 1.82) is 0 Å². The van der Waals surface area contributed by atoms with Gasteiger partial charge in [0.2, 0.25) is 5.95 Å². The first-order valence-corrected chi connectivity index (χ1v) is 8.25. The number of anilines is 1. The first-order valence-electron chi connectivity index (χ1n) is 8.25. The van der Waals surface area contributed by atoms with Gasteiger partial charge in [0.15, 0.2) is 0 Å². The zero-order valence-corrected chi connectivity index (χ0v) is 14.2. The van der Waals surface area contributed by atoms with E-state index in [4.69, 9.17) is 10.5 Å². The first-order chi connectivity index (χ1) is 11.2. The zero-order valence-electron chi connectivity index (χ0n) is 14.2. The van der Waals surface area contributed by atoms with Crippen molar-refractivity contribution in [2.75, 3.05) is 32.5 Å². The van der Waals surface area contributed by atoms with Gasteiger partial charge < -0.3 is 19.9 Å². The van der Waals surface area contributed by atoms with E-state index >= 15 is 0 Å². The highest BCUT2D eigenvalue weighted by Crippen LogP contribution is 2.20. The average Bonchev–Trinajstić information content (AvgIpc) is 3.20. The first kappa shape index (κ1) is 17.3. The zero-order chi connectivity index (χ0) is 16.8. The summed E-state index contributed by atoms with van der Waals surface area (Å²) in [6.45, 7) is 8.05. The Bertz CT molecular complexity index is 660. The Labute approximate surface area is 137 Å². The van der Waals surface area contributed by atoms with Gasteiger partial charge in [-0.15, -0.1) is 0 Å². The number of nitrogen functional groups attached to an aromatic ring is 1. The van der Waals surface area contributed by atoms with E-state index in [1.807, 2.05) is 24.5 Å². The summed E-state index contributed by atoms with van der Waals surface area (Å²) in [5.41, 5.74) is 8.23. The Hall–Kier alpha value is -2.08. The van der Waals surface area contributed by atoms with Gasteiger partial charge in [-0.2, -0.15) is 0 Å². The predicted octanol–water partition coefficient (Wildman–Crippen LogP) is 2.53. The molecule has 1 aliphatic heterocycles. The monoisotopic (exact) mass is 318 g/mol. The molecular formula is C17H26N4O2. The number of nitrogens with two attached hydrogens (primary N) is 1. The van der Waals surface area contributed by atoms with Crippen LogP contribution in [-0.2, 0) is 11.3 Å². The summed E-state index contributed by atoms with van der Waals surface area (Å²) in [5.74, 6) is 0.147. The van der Waals surface area contributed by atoms with Gasteiger partial charge in [0.1, 0.15) is 0 Å². The second-order valence-corrected chi connectivity index (χ2v) is 5.37. The summed E-state index contributed by atoms with van der Waals surface area (Å²) in [6, 6.07) is 5.32. The quantitative estimate of drug-likeness (QED) is 0.877. The van der Waals surface area contributed by atoms with E-state index < -0.39 is 0 Å². The number of fused-ring (bicyclic) bond motifs is 1. The molecule has 2 aromatic rings. The Morgan fingerprint density at radius 3 is 2.61 bits per heavy atom. The molecule has 3 rings (SSSR count). The van der Waals surface area contributed by atoms with Crippen molar-refractivity contribution in [3.05, 3.63) is 23.8 Å². The fourth-order valence-corrected chi connectivity index (χ4v) is 2.87. The van der Waals surface area contributed by atoms with E-state index in [0.29, 0.717) is 11.5 Å². The van der Waals surface area contributed by atoms with Gasteiger partial charge >= 0.3 is 5.97 Å². The van der Waals surface area contributed by atoms with Gasteiger partial charge in [-0.25, -0.2) is 9.78 Å². The van der Waals surface area contributed by atoms with Crippen molar-refractivity contribution >= 4 is 23.0 Å². The molecule has 2 heterocycles. The van der Waals surface area contributed by atoms with Crippen molar-refractivity contribution < 1.29 is 9.53 Å². The number of nitrogens with zero attached hydrogens (tertiary/aromatic N) is 3. The van der Waals surface area contributed by atoms with E-state index in [1.165, 1.54) is 20.0 Å². The molecule has 0 saturated carbocycles. The molecule has 0 amide bonds.